The van der Waals surface area contributed by atoms with E-state index in [-0.39, 0.29) is 0 Å². The molecule has 0 atom stereocenters. The number of carboxylic acids is 1. The van der Waals surface area contributed by atoms with Gasteiger partial charge in [-0.3, -0.25) is 0 Å². The first-order valence-corrected chi connectivity index (χ1v) is 14.1. The summed E-state index contributed by atoms with van der Waals surface area (Å²) in [6.07, 6.45) is 3.33. The summed E-state index contributed by atoms with van der Waals surface area (Å²) < 4.78 is 6.33. The van der Waals surface area contributed by atoms with Crippen molar-refractivity contribution in [3.8, 4) is 0 Å². The molecule has 21 heavy (non-hydrogen) atoms. The van der Waals surface area contributed by atoms with Crippen molar-refractivity contribution in [1.82, 2.24) is 0 Å². The van der Waals surface area contributed by atoms with E-state index in [1.165, 1.54) is 18.0 Å². The zero-order valence-corrected chi connectivity index (χ0v) is 15.9. The minimum Gasteiger partial charge on any atom is -0.478 e. The lowest BCUT2D eigenvalue weighted by atomic mass is 10.1. The summed E-state index contributed by atoms with van der Waals surface area (Å²) in [6.45, 7) is 11.4. The number of rotatable bonds is 8. The number of aryl methyl sites for hydroxylation is 1. The van der Waals surface area contributed by atoms with Gasteiger partial charge in [0.2, 0.25) is 0 Å². The van der Waals surface area contributed by atoms with E-state index in [2.05, 4.69) is 32.7 Å². The number of carboxylic acid groups (broad SMARTS) is 1. The normalized spacial score (nSPS) is 12.4. The highest BCUT2D eigenvalue weighted by Gasteiger charge is 2.28. The van der Waals surface area contributed by atoms with E-state index in [1.54, 1.807) is 12.1 Å². The topological polar surface area (TPSA) is 46.5 Å². The highest BCUT2D eigenvalue weighted by atomic mass is 28.4. The molecule has 0 saturated carbocycles. The van der Waals surface area contributed by atoms with Gasteiger partial charge in [-0.15, -0.1) is 0 Å². The predicted molar refractivity (Wildman–Crippen MR) is 93.1 cm³/mol. The zero-order valence-electron chi connectivity index (χ0n) is 13.9. The summed E-state index contributed by atoms with van der Waals surface area (Å²) in [6, 6.07) is 8.41. The van der Waals surface area contributed by atoms with Gasteiger partial charge < -0.3 is 9.22 Å². The fourth-order valence-corrected chi connectivity index (χ4v) is 10.7. The molecule has 118 valence electrons. The fraction of sp³-hybridized carbons (Fsp3) is 0.562. The van der Waals surface area contributed by atoms with Crippen LogP contribution in [0.5, 0.6) is 0 Å². The van der Waals surface area contributed by atoms with Crippen LogP contribution in [0, 0.1) is 0 Å². The molecule has 0 radical (unpaired) electrons. The van der Waals surface area contributed by atoms with Gasteiger partial charge in [0.1, 0.15) is 0 Å². The lowest BCUT2D eigenvalue weighted by Gasteiger charge is -2.31. The highest BCUT2D eigenvalue weighted by molar-refractivity contribution is 6.84. The Kier molecular flexibility index (Phi) is 6.37. The van der Waals surface area contributed by atoms with Crippen molar-refractivity contribution < 1.29 is 14.0 Å². The number of aromatic carboxylic acids is 1. The van der Waals surface area contributed by atoms with Crippen LogP contribution in [0.3, 0.4) is 0 Å². The first-order chi connectivity index (χ1) is 9.59. The molecule has 5 heteroatoms. The Hall–Kier alpha value is -0.916. The minimum atomic E-state index is -1.52. The lowest BCUT2D eigenvalue weighted by molar-refractivity contribution is 0.0697. The molecule has 0 unspecified atom stereocenters. The van der Waals surface area contributed by atoms with Gasteiger partial charge in [-0.1, -0.05) is 18.6 Å². The quantitative estimate of drug-likeness (QED) is 0.554. The first kappa shape index (κ1) is 18.1. The van der Waals surface area contributed by atoms with Crippen molar-refractivity contribution in [2.45, 2.75) is 58.0 Å². The van der Waals surface area contributed by atoms with Crippen LogP contribution in [0.25, 0.3) is 0 Å². The molecule has 3 nitrogen and oxygen atoms in total. The minimum absolute atomic E-state index is 0.357. The molecule has 0 heterocycles. The Morgan fingerprint density at radius 1 is 1.05 bits per heavy atom. The molecule has 0 aliphatic heterocycles. The van der Waals surface area contributed by atoms with Gasteiger partial charge in [0.05, 0.1) is 5.56 Å². The average molecular weight is 325 g/mol. The maximum atomic E-state index is 10.8. The molecule has 0 bridgehead atoms. The van der Waals surface area contributed by atoms with Crippen LogP contribution < -0.4 is 0 Å². The molecule has 0 aliphatic rings. The van der Waals surface area contributed by atoms with E-state index >= 15 is 0 Å². The Morgan fingerprint density at radius 3 is 2.10 bits per heavy atom. The van der Waals surface area contributed by atoms with Gasteiger partial charge in [0.15, 0.2) is 16.6 Å². The van der Waals surface area contributed by atoms with Gasteiger partial charge in [0, 0.05) is 0 Å². The highest BCUT2D eigenvalue weighted by Crippen LogP contribution is 2.21. The smallest absolute Gasteiger partial charge is 0.335 e. The molecule has 0 aromatic heterocycles. The Bertz CT molecular complexity index is 461. The summed E-state index contributed by atoms with van der Waals surface area (Å²) in [5, 5.41) is 8.87. The third kappa shape index (κ3) is 7.59. The number of hydrogen-bond donors (Lipinski definition) is 1. The molecule has 0 fully saturated rings. The third-order valence-corrected chi connectivity index (χ3v) is 9.50. The number of carbonyl (C=O) groups is 1. The van der Waals surface area contributed by atoms with E-state index < -0.39 is 22.6 Å². The standard InChI is InChI=1S/C16H28O3Si2/c1-20(2,3)19-21(4,5)13-7-6-8-14-9-11-15(12-10-14)16(17)18/h9-12H,6-8,13H2,1-5H3,(H,17,18). The van der Waals surface area contributed by atoms with E-state index in [4.69, 9.17) is 9.22 Å². The van der Waals surface area contributed by atoms with Gasteiger partial charge >= 0.3 is 5.97 Å². The van der Waals surface area contributed by atoms with Crippen LogP contribution in [0.15, 0.2) is 24.3 Å². The molecule has 0 amide bonds. The number of unbranched alkanes of at least 4 members (excludes halogenated alkanes) is 1. The Labute approximate surface area is 130 Å². The van der Waals surface area contributed by atoms with Crippen molar-refractivity contribution in [2.75, 3.05) is 0 Å². The van der Waals surface area contributed by atoms with Crippen molar-refractivity contribution in [2.24, 2.45) is 0 Å². The molecule has 1 rings (SSSR count). The number of benzene rings is 1. The van der Waals surface area contributed by atoms with Crippen LogP contribution in [-0.4, -0.2) is 27.7 Å². The van der Waals surface area contributed by atoms with Gasteiger partial charge in [-0.05, 0) is 69.3 Å². The van der Waals surface area contributed by atoms with Crippen molar-refractivity contribution in [3.63, 3.8) is 0 Å². The first-order valence-electron chi connectivity index (χ1n) is 7.61. The molecule has 1 aromatic rings. The van der Waals surface area contributed by atoms with Crippen LogP contribution in [0.2, 0.25) is 38.8 Å². The maximum Gasteiger partial charge on any atom is 0.335 e. The van der Waals surface area contributed by atoms with Crippen LogP contribution in [0.4, 0.5) is 0 Å². The SMILES string of the molecule is C[Si](C)(C)O[Si](C)(C)CCCCc1ccc(C(=O)O)cc1. The second kappa shape index (κ2) is 7.38. The molecule has 1 N–H and O–H groups in total. The summed E-state index contributed by atoms with van der Waals surface area (Å²) in [5.74, 6) is -0.863. The average Bonchev–Trinajstić information content (AvgIpc) is 2.32. The third-order valence-electron chi connectivity index (χ3n) is 3.28. The second-order valence-corrected chi connectivity index (χ2v) is 16.2. The van der Waals surface area contributed by atoms with Crippen molar-refractivity contribution in [3.05, 3.63) is 35.4 Å². The summed E-state index contributed by atoms with van der Waals surface area (Å²) in [7, 11) is -2.94. The van der Waals surface area contributed by atoms with Crippen LogP contribution in [0.1, 0.15) is 28.8 Å². The summed E-state index contributed by atoms with van der Waals surface area (Å²) in [4.78, 5) is 10.8. The van der Waals surface area contributed by atoms with Gasteiger partial charge in [-0.2, -0.15) is 0 Å². The predicted octanol–water partition coefficient (Wildman–Crippen LogP) is 4.76. The van der Waals surface area contributed by atoms with Crippen LogP contribution in [-0.2, 0) is 10.5 Å². The maximum absolute atomic E-state index is 10.8. The molecule has 0 spiro atoms. The molecule has 1 aromatic carbocycles. The Balaban J connectivity index is 2.35. The Morgan fingerprint density at radius 2 is 1.62 bits per heavy atom. The summed E-state index contributed by atoms with van der Waals surface area (Å²) >= 11 is 0. The largest absolute Gasteiger partial charge is 0.478 e. The second-order valence-electron chi connectivity index (χ2n) is 7.18. The molecule has 0 saturated heterocycles. The zero-order chi connectivity index (χ0) is 16.1. The summed E-state index contributed by atoms with van der Waals surface area (Å²) in [5.41, 5.74) is 1.57. The van der Waals surface area contributed by atoms with Crippen LogP contribution >= 0.6 is 0 Å². The van der Waals surface area contributed by atoms with Gasteiger partial charge in [0.25, 0.3) is 0 Å². The van der Waals surface area contributed by atoms with Crippen molar-refractivity contribution in [1.29, 1.82) is 0 Å². The monoisotopic (exact) mass is 324 g/mol. The number of hydrogen-bond acceptors (Lipinski definition) is 2. The van der Waals surface area contributed by atoms with E-state index in [9.17, 15) is 4.79 Å². The molecule has 0 aliphatic carbocycles. The van der Waals surface area contributed by atoms with Crippen molar-refractivity contribution >= 4 is 22.6 Å². The van der Waals surface area contributed by atoms with E-state index in [0.717, 1.165) is 12.8 Å². The van der Waals surface area contributed by atoms with E-state index in [0.29, 0.717) is 5.56 Å². The fourth-order valence-electron chi connectivity index (χ4n) is 2.57. The van der Waals surface area contributed by atoms with Gasteiger partial charge in [-0.25, -0.2) is 4.79 Å². The molecular formula is C16H28O3Si2. The van der Waals surface area contributed by atoms with E-state index in [1.807, 2.05) is 12.1 Å². The lowest BCUT2D eigenvalue weighted by Crippen LogP contribution is -2.42. The molecular weight excluding hydrogens is 296 g/mol.